The third-order valence-electron chi connectivity index (χ3n) is 4.01. The zero-order valence-corrected chi connectivity index (χ0v) is 14.2. The number of esters is 1. The zero-order valence-electron chi connectivity index (χ0n) is 14.2. The van der Waals surface area contributed by atoms with Crippen LogP contribution < -0.4 is 0 Å². The number of nitrogens with zero attached hydrogens (tertiary/aromatic N) is 1. The zero-order chi connectivity index (χ0) is 17.8. The van der Waals surface area contributed by atoms with Crippen LogP contribution in [0.1, 0.15) is 12.5 Å². The Morgan fingerprint density at radius 2 is 1.68 bits per heavy atom. The number of benzene rings is 2. The molecule has 0 radical (unpaired) electrons. The van der Waals surface area contributed by atoms with E-state index in [4.69, 9.17) is 9.47 Å². The molecule has 5 nitrogen and oxygen atoms in total. The molecule has 0 N–H and O–H groups in total. The Balaban J connectivity index is 2.31. The van der Waals surface area contributed by atoms with Gasteiger partial charge in [0.25, 0.3) is 0 Å². The predicted octanol–water partition coefficient (Wildman–Crippen LogP) is 4.03. The van der Waals surface area contributed by atoms with Gasteiger partial charge >= 0.3 is 12.1 Å². The summed E-state index contributed by atoms with van der Waals surface area (Å²) in [7, 11) is 1.34. The van der Waals surface area contributed by atoms with E-state index in [1.54, 1.807) is 6.92 Å². The molecule has 0 aliphatic carbocycles. The van der Waals surface area contributed by atoms with Crippen LogP contribution in [-0.2, 0) is 20.7 Å². The van der Waals surface area contributed by atoms with E-state index < -0.39 is 6.09 Å². The molecular weight excluding hydrogens is 318 g/mol. The Kier molecular flexibility index (Phi) is 4.84. The van der Waals surface area contributed by atoms with Crippen LogP contribution in [0.3, 0.4) is 0 Å². The van der Waals surface area contributed by atoms with Crippen LogP contribution in [0.25, 0.3) is 22.2 Å². The molecule has 5 heteroatoms. The lowest BCUT2D eigenvalue weighted by atomic mass is 10.0. The highest BCUT2D eigenvalue weighted by Gasteiger charge is 2.24. The van der Waals surface area contributed by atoms with Gasteiger partial charge in [-0.15, -0.1) is 0 Å². The van der Waals surface area contributed by atoms with Gasteiger partial charge in [0, 0.05) is 5.39 Å². The van der Waals surface area contributed by atoms with Crippen LogP contribution in [0, 0.1) is 0 Å². The standard InChI is InChI=1S/C20H19NO4/c1-3-25-18(22)13-16-15-11-7-8-12-17(15)21(20(23)24-2)19(16)14-9-5-4-6-10-14/h4-12H,3,13H2,1-2H3. The highest BCUT2D eigenvalue weighted by Crippen LogP contribution is 2.34. The van der Waals surface area contributed by atoms with Crippen LogP contribution in [0.4, 0.5) is 4.79 Å². The third kappa shape index (κ3) is 3.13. The van der Waals surface area contributed by atoms with Gasteiger partial charge in [0.1, 0.15) is 0 Å². The number of hydrogen-bond acceptors (Lipinski definition) is 4. The lowest BCUT2D eigenvalue weighted by molar-refractivity contribution is -0.142. The van der Waals surface area contributed by atoms with E-state index in [1.165, 1.54) is 11.7 Å². The van der Waals surface area contributed by atoms with E-state index in [9.17, 15) is 9.59 Å². The van der Waals surface area contributed by atoms with Crippen molar-refractivity contribution in [1.82, 2.24) is 4.57 Å². The highest BCUT2D eigenvalue weighted by molar-refractivity contribution is 6.01. The molecule has 3 aromatic rings. The first-order chi connectivity index (χ1) is 12.2. The average molecular weight is 337 g/mol. The number of carbonyl (C=O) groups is 2. The van der Waals surface area contributed by atoms with Gasteiger partial charge in [-0.3, -0.25) is 4.79 Å². The molecule has 1 heterocycles. The van der Waals surface area contributed by atoms with Gasteiger partial charge in [0.2, 0.25) is 0 Å². The van der Waals surface area contributed by atoms with Crippen molar-refractivity contribution in [2.45, 2.75) is 13.3 Å². The molecule has 0 aliphatic rings. The maximum absolute atomic E-state index is 12.5. The first-order valence-electron chi connectivity index (χ1n) is 8.09. The summed E-state index contributed by atoms with van der Waals surface area (Å²) in [4.78, 5) is 24.6. The molecule has 2 aromatic carbocycles. The van der Waals surface area contributed by atoms with Crippen molar-refractivity contribution in [3.63, 3.8) is 0 Å². The summed E-state index contributed by atoms with van der Waals surface area (Å²) in [5, 5.41) is 0.833. The average Bonchev–Trinajstić information content (AvgIpc) is 2.96. The second-order valence-electron chi connectivity index (χ2n) is 5.50. The maximum atomic E-state index is 12.5. The molecular formula is C20H19NO4. The number of carbonyl (C=O) groups excluding carboxylic acids is 2. The van der Waals surface area contributed by atoms with E-state index in [2.05, 4.69) is 0 Å². The molecule has 3 rings (SSSR count). The van der Waals surface area contributed by atoms with Crippen molar-refractivity contribution in [2.24, 2.45) is 0 Å². The van der Waals surface area contributed by atoms with Gasteiger partial charge < -0.3 is 9.47 Å². The summed E-state index contributed by atoms with van der Waals surface area (Å²) in [5.74, 6) is -0.326. The van der Waals surface area contributed by atoms with Crippen molar-refractivity contribution < 1.29 is 19.1 Å². The molecule has 25 heavy (non-hydrogen) atoms. The Hall–Kier alpha value is -3.08. The molecule has 0 amide bonds. The number of para-hydroxylation sites is 1. The third-order valence-corrected chi connectivity index (χ3v) is 4.01. The fourth-order valence-corrected chi connectivity index (χ4v) is 3.02. The van der Waals surface area contributed by atoms with Crippen LogP contribution >= 0.6 is 0 Å². The summed E-state index contributed by atoms with van der Waals surface area (Å²) in [5.41, 5.74) is 2.95. The van der Waals surface area contributed by atoms with Gasteiger partial charge in [0.15, 0.2) is 0 Å². The van der Waals surface area contributed by atoms with E-state index in [0.29, 0.717) is 17.8 Å². The van der Waals surface area contributed by atoms with Crippen LogP contribution in [-0.4, -0.2) is 30.3 Å². The van der Waals surface area contributed by atoms with Gasteiger partial charge in [-0.2, -0.15) is 0 Å². The van der Waals surface area contributed by atoms with E-state index in [1.807, 2.05) is 54.6 Å². The second kappa shape index (κ2) is 7.21. The Morgan fingerprint density at radius 3 is 2.36 bits per heavy atom. The molecule has 0 aliphatic heterocycles. The van der Waals surface area contributed by atoms with E-state index in [-0.39, 0.29) is 12.4 Å². The normalized spacial score (nSPS) is 10.6. The van der Waals surface area contributed by atoms with Crippen molar-refractivity contribution in [2.75, 3.05) is 13.7 Å². The molecule has 0 saturated carbocycles. The summed E-state index contributed by atoms with van der Waals surface area (Å²) >= 11 is 0. The lowest BCUT2D eigenvalue weighted by Crippen LogP contribution is -2.14. The number of ether oxygens (including phenoxy) is 2. The van der Waals surface area contributed by atoms with Gasteiger partial charge in [-0.05, 0) is 24.1 Å². The minimum Gasteiger partial charge on any atom is -0.466 e. The largest absolute Gasteiger partial charge is 0.466 e. The molecule has 1 aromatic heterocycles. The smallest absolute Gasteiger partial charge is 0.418 e. The highest BCUT2D eigenvalue weighted by atomic mass is 16.5. The van der Waals surface area contributed by atoms with Gasteiger partial charge in [-0.25, -0.2) is 9.36 Å². The summed E-state index contributed by atoms with van der Waals surface area (Å²) in [6, 6.07) is 17.0. The Labute approximate surface area is 145 Å². The van der Waals surface area contributed by atoms with Crippen molar-refractivity contribution in [3.8, 4) is 11.3 Å². The van der Waals surface area contributed by atoms with Crippen molar-refractivity contribution in [3.05, 3.63) is 60.2 Å². The second-order valence-corrected chi connectivity index (χ2v) is 5.50. The Bertz CT molecular complexity index is 912. The maximum Gasteiger partial charge on any atom is 0.418 e. The number of methoxy groups -OCH3 is 1. The van der Waals surface area contributed by atoms with Crippen LogP contribution in [0.15, 0.2) is 54.6 Å². The molecule has 0 atom stereocenters. The summed E-state index contributed by atoms with van der Waals surface area (Å²) < 4.78 is 11.6. The number of hydrogen-bond donors (Lipinski definition) is 0. The number of fused-ring (bicyclic) bond motifs is 1. The molecule has 0 unspecified atom stereocenters. The first kappa shape index (κ1) is 16.8. The molecule has 128 valence electrons. The van der Waals surface area contributed by atoms with Crippen molar-refractivity contribution in [1.29, 1.82) is 0 Å². The van der Waals surface area contributed by atoms with Crippen molar-refractivity contribution >= 4 is 23.0 Å². The molecule has 0 bridgehead atoms. The van der Waals surface area contributed by atoms with E-state index >= 15 is 0 Å². The molecule has 0 spiro atoms. The Morgan fingerprint density at radius 1 is 1.00 bits per heavy atom. The first-order valence-corrected chi connectivity index (χ1v) is 8.09. The van der Waals surface area contributed by atoms with Crippen LogP contribution in [0.5, 0.6) is 0 Å². The SMILES string of the molecule is CCOC(=O)Cc1c(-c2ccccc2)n(C(=O)OC)c2ccccc12. The predicted molar refractivity (Wildman–Crippen MR) is 95.5 cm³/mol. The fraction of sp³-hybridized carbons (Fsp3) is 0.200. The van der Waals surface area contributed by atoms with Gasteiger partial charge in [0.05, 0.1) is 31.3 Å². The minimum absolute atomic E-state index is 0.0859. The fourth-order valence-electron chi connectivity index (χ4n) is 3.02. The summed E-state index contributed by atoms with van der Waals surface area (Å²) in [6.07, 6.45) is -0.409. The number of rotatable bonds is 4. The topological polar surface area (TPSA) is 57.5 Å². The quantitative estimate of drug-likeness (QED) is 0.675. The minimum atomic E-state index is -0.495. The monoisotopic (exact) mass is 337 g/mol. The summed E-state index contributed by atoms with van der Waals surface area (Å²) in [6.45, 7) is 2.09. The molecule has 0 fully saturated rings. The number of aromatic nitrogens is 1. The lowest BCUT2D eigenvalue weighted by Gasteiger charge is -2.10. The van der Waals surface area contributed by atoms with Gasteiger partial charge in [-0.1, -0.05) is 48.5 Å². The molecule has 0 saturated heterocycles. The van der Waals surface area contributed by atoms with E-state index in [0.717, 1.165) is 16.5 Å². The van der Waals surface area contributed by atoms with Crippen LogP contribution in [0.2, 0.25) is 0 Å².